The molecule has 10 heteroatoms. The molecule has 10 nitrogen and oxygen atoms in total. The molecule has 0 unspecified atom stereocenters. The summed E-state index contributed by atoms with van der Waals surface area (Å²) >= 11 is 0. The number of rotatable bonds is 11. The minimum atomic E-state index is -0.551. The summed E-state index contributed by atoms with van der Waals surface area (Å²) in [6.07, 6.45) is 1.49. The van der Waals surface area contributed by atoms with Gasteiger partial charge in [-0.2, -0.15) is 5.10 Å². The number of non-ortho nitro benzene ring substituents is 1. The molecule has 3 aromatic carbocycles. The van der Waals surface area contributed by atoms with Gasteiger partial charge in [0.05, 0.1) is 23.4 Å². The quantitative estimate of drug-likeness (QED) is 0.208. The number of nitro groups is 1. The number of ether oxygens (including phenoxy) is 1. The van der Waals surface area contributed by atoms with Gasteiger partial charge in [-0.05, 0) is 36.8 Å². The lowest BCUT2D eigenvalue weighted by atomic mass is 10.1. The van der Waals surface area contributed by atoms with E-state index in [1.807, 2.05) is 49.4 Å². The molecule has 0 aliphatic heterocycles. The average Bonchev–Trinajstić information content (AvgIpc) is 3.39. The Labute approximate surface area is 226 Å². The molecule has 1 heterocycles. The molecule has 2 amide bonds. The Hall–Kier alpha value is -4.99. The Morgan fingerprint density at radius 3 is 2.44 bits per heavy atom. The number of benzene rings is 3. The van der Waals surface area contributed by atoms with Crippen molar-refractivity contribution in [1.82, 2.24) is 14.7 Å². The summed E-state index contributed by atoms with van der Waals surface area (Å²) in [5.41, 5.74) is 2.23. The van der Waals surface area contributed by atoms with Crippen molar-refractivity contribution >= 4 is 23.3 Å². The van der Waals surface area contributed by atoms with Gasteiger partial charge in [0.1, 0.15) is 18.1 Å². The van der Waals surface area contributed by atoms with E-state index >= 15 is 0 Å². The molecule has 0 saturated carbocycles. The first-order chi connectivity index (χ1) is 18.9. The Bertz CT molecular complexity index is 1450. The zero-order chi connectivity index (χ0) is 27.8. The van der Waals surface area contributed by atoms with Gasteiger partial charge in [0.2, 0.25) is 5.91 Å². The number of hydrogen-bond donors (Lipinski definition) is 1. The molecule has 0 fully saturated rings. The van der Waals surface area contributed by atoms with Crippen LogP contribution in [0.3, 0.4) is 0 Å². The lowest BCUT2D eigenvalue weighted by molar-refractivity contribution is -0.384. The van der Waals surface area contributed by atoms with Gasteiger partial charge in [-0.25, -0.2) is 4.68 Å². The summed E-state index contributed by atoms with van der Waals surface area (Å²) in [5.74, 6) is 0.253. The number of nitrogens with one attached hydrogen (secondary N) is 1. The highest BCUT2D eigenvalue weighted by molar-refractivity contribution is 5.99. The molecular formula is C29H29N5O5. The summed E-state index contributed by atoms with van der Waals surface area (Å²) in [5, 5.41) is 18.8. The van der Waals surface area contributed by atoms with Crippen LogP contribution in [0.2, 0.25) is 0 Å². The first-order valence-electron chi connectivity index (χ1n) is 12.5. The number of aromatic nitrogens is 2. The zero-order valence-electron chi connectivity index (χ0n) is 21.7. The number of hydrogen-bond acceptors (Lipinski definition) is 6. The van der Waals surface area contributed by atoms with Crippen LogP contribution in [0.1, 0.15) is 30.1 Å². The molecule has 4 rings (SSSR count). The summed E-state index contributed by atoms with van der Waals surface area (Å²) in [6.45, 7) is 2.09. The van der Waals surface area contributed by atoms with Gasteiger partial charge >= 0.3 is 0 Å². The highest BCUT2D eigenvalue weighted by atomic mass is 16.6. The second kappa shape index (κ2) is 12.5. The first-order valence-corrected chi connectivity index (χ1v) is 12.5. The van der Waals surface area contributed by atoms with E-state index in [1.165, 1.54) is 29.2 Å². The molecule has 0 aliphatic carbocycles. The maximum atomic E-state index is 13.3. The fraction of sp³-hybridized carbons (Fsp3) is 0.207. The van der Waals surface area contributed by atoms with E-state index in [2.05, 4.69) is 5.32 Å². The van der Waals surface area contributed by atoms with Gasteiger partial charge in [-0.15, -0.1) is 0 Å². The first kappa shape index (κ1) is 27.1. The Morgan fingerprint density at radius 1 is 1.03 bits per heavy atom. The van der Waals surface area contributed by atoms with Crippen LogP contribution in [-0.2, 0) is 4.79 Å². The highest BCUT2D eigenvalue weighted by Crippen LogP contribution is 2.26. The third-order valence-electron chi connectivity index (χ3n) is 6.07. The minimum Gasteiger partial charge on any atom is -0.497 e. The van der Waals surface area contributed by atoms with Crippen LogP contribution in [0.5, 0.6) is 5.75 Å². The van der Waals surface area contributed by atoms with Crippen molar-refractivity contribution in [3.8, 4) is 22.7 Å². The van der Waals surface area contributed by atoms with E-state index in [0.29, 0.717) is 35.9 Å². The van der Waals surface area contributed by atoms with Crippen molar-refractivity contribution in [3.05, 3.63) is 101 Å². The zero-order valence-corrected chi connectivity index (χ0v) is 21.7. The number of carbonyl (C=O) groups is 2. The summed E-state index contributed by atoms with van der Waals surface area (Å²) in [4.78, 5) is 38.5. The second-order valence-electron chi connectivity index (χ2n) is 8.83. The molecule has 0 aliphatic rings. The topological polar surface area (TPSA) is 120 Å². The fourth-order valence-electron chi connectivity index (χ4n) is 4.03. The number of nitro benzene ring substituents is 1. The molecular weight excluding hydrogens is 498 g/mol. The molecule has 1 N–H and O–H groups in total. The third-order valence-corrected chi connectivity index (χ3v) is 6.07. The fourth-order valence-corrected chi connectivity index (χ4v) is 4.03. The van der Waals surface area contributed by atoms with E-state index in [9.17, 15) is 19.7 Å². The van der Waals surface area contributed by atoms with E-state index in [4.69, 9.17) is 9.84 Å². The van der Waals surface area contributed by atoms with Gasteiger partial charge in [-0.1, -0.05) is 49.7 Å². The number of methoxy groups -OCH3 is 1. The minimum absolute atomic E-state index is 0.155. The molecule has 39 heavy (non-hydrogen) atoms. The normalized spacial score (nSPS) is 10.6. The average molecular weight is 528 g/mol. The summed E-state index contributed by atoms with van der Waals surface area (Å²) in [7, 11) is 1.58. The predicted molar refractivity (Wildman–Crippen MR) is 148 cm³/mol. The van der Waals surface area contributed by atoms with Crippen molar-refractivity contribution in [1.29, 1.82) is 0 Å². The SMILES string of the molecule is CCCCN(CC(=O)Nc1cc(-c2ccccc2)nn1-c1ccc(OC)cc1)C(=O)c1cccc([N+](=O)[O-])c1. The van der Waals surface area contributed by atoms with Crippen molar-refractivity contribution in [3.63, 3.8) is 0 Å². The largest absolute Gasteiger partial charge is 0.497 e. The number of unbranched alkanes of at least 4 members (excludes halogenated alkanes) is 1. The Balaban J connectivity index is 1.60. The molecule has 1 aromatic heterocycles. The van der Waals surface area contributed by atoms with Crippen LogP contribution in [0.4, 0.5) is 11.5 Å². The van der Waals surface area contributed by atoms with Crippen molar-refractivity contribution < 1.29 is 19.2 Å². The smallest absolute Gasteiger partial charge is 0.270 e. The number of nitrogens with zero attached hydrogens (tertiary/aromatic N) is 4. The van der Waals surface area contributed by atoms with Gasteiger partial charge < -0.3 is 15.0 Å². The van der Waals surface area contributed by atoms with Gasteiger partial charge in [0.15, 0.2) is 0 Å². The lowest BCUT2D eigenvalue weighted by Gasteiger charge is -2.22. The van der Waals surface area contributed by atoms with Crippen LogP contribution in [0, 0.1) is 10.1 Å². The standard InChI is InChI=1S/C29H29N5O5/c1-3-4-17-32(29(36)22-11-8-12-24(18-22)34(37)38)20-28(35)30-27-19-26(21-9-6-5-7-10-21)31-33(27)23-13-15-25(39-2)16-14-23/h5-16,18-19H,3-4,17,20H2,1-2H3,(H,30,35). The van der Waals surface area contributed by atoms with E-state index in [0.717, 1.165) is 12.0 Å². The molecule has 4 aromatic rings. The van der Waals surface area contributed by atoms with E-state index in [-0.39, 0.29) is 17.8 Å². The number of anilines is 1. The van der Waals surface area contributed by atoms with E-state index in [1.54, 1.807) is 30.0 Å². The highest BCUT2D eigenvalue weighted by Gasteiger charge is 2.22. The van der Waals surface area contributed by atoms with Crippen LogP contribution in [0.25, 0.3) is 16.9 Å². The van der Waals surface area contributed by atoms with Crippen LogP contribution in [0.15, 0.2) is 84.9 Å². The number of carbonyl (C=O) groups excluding carboxylic acids is 2. The maximum absolute atomic E-state index is 13.3. The van der Waals surface area contributed by atoms with Crippen LogP contribution in [-0.4, -0.2) is 51.6 Å². The van der Waals surface area contributed by atoms with Crippen LogP contribution >= 0.6 is 0 Å². The predicted octanol–water partition coefficient (Wildman–Crippen LogP) is 5.34. The number of amides is 2. The molecule has 0 spiro atoms. The molecule has 0 atom stereocenters. The van der Waals surface area contributed by atoms with Crippen molar-refractivity contribution in [2.24, 2.45) is 0 Å². The van der Waals surface area contributed by atoms with Crippen molar-refractivity contribution in [2.45, 2.75) is 19.8 Å². The Morgan fingerprint density at radius 2 is 1.77 bits per heavy atom. The van der Waals surface area contributed by atoms with E-state index < -0.39 is 16.7 Å². The molecule has 0 radical (unpaired) electrons. The van der Waals surface area contributed by atoms with Crippen LogP contribution < -0.4 is 10.1 Å². The monoisotopic (exact) mass is 527 g/mol. The van der Waals surface area contributed by atoms with Crippen molar-refractivity contribution in [2.75, 3.05) is 25.5 Å². The molecule has 200 valence electrons. The second-order valence-corrected chi connectivity index (χ2v) is 8.83. The van der Waals surface area contributed by atoms with Gasteiger partial charge in [0, 0.05) is 35.9 Å². The lowest BCUT2D eigenvalue weighted by Crippen LogP contribution is -2.39. The summed E-state index contributed by atoms with van der Waals surface area (Å²) < 4.78 is 6.88. The third kappa shape index (κ3) is 6.67. The maximum Gasteiger partial charge on any atom is 0.270 e. The molecule has 0 bridgehead atoms. The van der Waals surface area contributed by atoms with Gasteiger partial charge in [-0.3, -0.25) is 19.7 Å². The van der Waals surface area contributed by atoms with Gasteiger partial charge in [0.25, 0.3) is 11.6 Å². The molecule has 0 saturated heterocycles. The summed E-state index contributed by atoms with van der Waals surface area (Å²) in [6, 6.07) is 24.1. The Kier molecular flexibility index (Phi) is 8.67.